The van der Waals surface area contributed by atoms with Gasteiger partial charge in [0.15, 0.2) is 17.9 Å². The van der Waals surface area contributed by atoms with E-state index in [2.05, 4.69) is 6.92 Å². The third kappa shape index (κ3) is 5.35. The summed E-state index contributed by atoms with van der Waals surface area (Å²) in [5, 5.41) is 0. The van der Waals surface area contributed by atoms with E-state index in [1.807, 2.05) is 0 Å². The maximum absolute atomic E-state index is 14.8. The Morgan fingerprint density at radius 3 is 2.43 bits per heavy atom. The number of hydrogen-bond donors (Lipinski definition) is 0. The second-order valence-corrected chi connectivity index (χ2v) is 7.64. The van der Waals surface area contributed by atoms with Crippen molar-refractivity contribution in [2.45, 2.75) is 57.7 Å². The summed E-state index contributed by atoms with van der Waals surface area (Å²) in [6, 6.07) is 7.00. The molecular weight excluding hydrogens is 393 g/mol. The highest BCUT2D eigenvalue weighted by molar-refractivity contribution is 5.66. The van der Waals surface area contributed by atoms with Crippen molar-refractivity contribution in [1.29, 1.82) is 0 Å². The van der Waals surface area contributed by atoms with Gasteiger partial charge in [-0.1, -0.05) is 38.3 Å². The van der Waals surface area contributed by atoms with Crippen LogP contribution in [0.15, 0.2) is 30.3 Å². The molecule has 1 heterocycles. The summed E-state index contributed by atoms with van der Waals surface area (Å²) in [6.45, 7) is 3.08. The Morgan fingerprint density at radius 1 is 0.967 bits per heavy atom. The molecule has 0 aliphatic carbocycles. The number of ether oxygens (including phenoxy) is 3. The van der Waals surface area contributed by atoms with Gasteiger partial charge in [0.1, 0.15) is 11.6 Å². The Balaban J connectivity index is 1.64. The molecule has 2 aromatic rings. The maximum atomic E-state index is 14.8. The molecule has 30 heavy (non-hydrogen) atoms. The first-order valence-corrected chi connectivity index (χ1v) is 10.6. The Hall–Kier alpha value is -2.05. The molecule has 1 aliphatic rings. The quantitative estimate of drug-likeness (QED) is 0.426. The lowest BCUT2D eigenvalue weighted by atomic mass is 9.90. The molecule has 3 nitrogen and oxygen atoms in total. The molecule has 0 bridgehead atoms. The van der Waals surface area contributed by atoms with Crippen molar-refractivity contribution in [3.63, 3.8) is 0 Å². The van der Waals surface area contributed by atoms with E-state index in [4.69, 9.17) is 14.2 Å². The van der Waals surface area contributed by atoms with Crippen molar-refractivity contribution in [2.24, 2.45) is 0 Å². The van der Waals surface area contributed by atoms with Crippen LogP contribution in [0.1, 0.15) is 56.9 Å². The summed E-state index contributed by atoms with van der Waals surface area (Å²) in [5.41, 5.74) is 0.142. The van der Waals surface area contributed by atoms with Gasteiger partial charge in [0, 0.05) is 29.7 Å². The van der Waals surface area contributed by atoms with Crippen molar-refractivity contribution < 1.29 is 27.4 Å². The fraction of sp³-hybridized carbons (Fsp3) is 0.500. The molecule has 0 saturated carbocycles. The number of unbranched alkanes of at least 4 members (excludes halogenated alkanes) is 3. The summed E-state index contributed by atoms with van der Waals surface area (Å²) >= 11 is 0. The molecule has 2 atom stereocenters. The molecule has 0 aromatic heterocycles. The zero-order valence-electron chi connectivity index (χ0n) is 17.6. The summed E-state index contributed by atoms with van der Waals surface area (Å²) in [6.07, 6.45) is 5.49. The average molecular weight is 422 g/mol. The number of rotatable bonds is 9. The summed E-state index contributed by atoms with van der Waals surface area (Å²) < 4.78 is 60.3. The average Bonchev–Trinajstić information content (AvgIpc) is 2.76. The first-order chi connectivity index (χ1) is 14.5. The molecule has 1 saturated heterocycles. The monoisotopic (exact) mass is 422 g/mol. The third-order valence-corrected chi connectivity index (χ3v) is 5.55. The topological polar surface area (TPSA) is 27.7 Å². The van der Waals surface area contributed by atoms with Crippen LogP contribution >= 0.6 is 0 Å². The minimum absolute atomic E-state index is 0.00446. The lowest BCUT2D eigenvalue weighted by Gasteiger charge is -2.29. The van der Waals surface area contributed by atoms with Crippen molar-refractivity contribution in [2.75, 3.05) is 20.3 Å². The van der Waals surface area contributed by atoms with Crippen LogP contribution in [0.3, 0.4) is 0 Å². The van der Waals surface area contributed by atoms with Crippen molar-refractivity contribution in [3.8, 4) is 16.9 Å². The van der Waals surface area contributed by atoms with E-state index in [1.165, 1.54) is 44.2 Å². The van der Waals surface area contributed by atoms with Gasteiger partial charge in [0.05, 0.1) is 13.7 Å². The van der Waals surface area contributed by atoms with Gasteiger partial charge in [0.2, 0.25) is 0 Å². The van der Waals surface area contributed by atoms with Crippen LogP contribution in [-0.2, 0) is 9.47 Å². The molecule has 1 aliphatic heterocycles. The van der Waals surface area contributed by atoms with Gasteiger partial charge in [0.25, 0.3) is 0 Å². The molecule has 164 valence electrons. The Kier molecular flexibility index (Phi) is 8.16. The molecule has 3 rings (SSSR count). The maximum Gasteiger partial charge on any atom is 0.167 e. The van der Waals surface area contributed by atoms with Crippen molar-refractivity contribution in [1.82, 2.24) is 0 Å². The van der Waals surface area contributed by atoms with Gasteiger partial charge in [-0.15, -0.1) is 0 Å². The first kappa shape index (κ1) is 22.6. The second kappa shape index (κ2) is 10.8. The lowest BCUT2D eigenvalue weighted by molar-refractivity contribution is -0.168. The fourth-order valence-corrected chi connectivity index (χ4v) is 3.78. The minimum atomic E-state index is -1.05. The van der Waals surface area contributed by atoms with Gasteiger partial charge in [-0.25, -0.2) is 13.2 Å². The number of halogens is 3. The predicted octanol–water partition coefficient (Wildman–Crippen LogP) is 6.60. The van der Waals surface area contributed by atoms with E-state index in [-0.39, 0.29) is 35.5 Å². The SMILES string of the molecule is CCCCCCOC1CCC(c2ccc(-c3ccc(OC)cc3F)c(F)c2F)CO1. The number of benzene rings is 2. The Morgan fingerprint density at radius 2 is 1.77 bits per heavy atom. The van der Waals surface area contributed by atoms with Crippen molar-refractivity contribution in [3.05, 3.63) is 53.3 Å². The van der Waals surface area contributed by atoms with Gasteiger partial charge in [-0.2, -0.15) is 0 Å². The van der Waals surface area contributed by atoms with E-state index < -0.39 is 17.5 Å². The largest absolute Gasteiger partial charge is 0.497 e. The zero-order valence-corrected chi connectivity index (χ0v) is 17.6. The van der Waals surface area contributed by atoms with Crippen LogP contribution in [0.4, 0.5) is 13.2 Å². The van der Waals surface area contributed by atoms with Crippen LogP contribution < -0.4 is 4.74 Å². The molecule has 6 heteroatoms. The standard InChI is InChI=1S/C24H29F3O3/c1-3-4-5-6-13-29-22-12-7-16(15-30-22)18-10-11-20(24(27)23(18)26)19-9-8-17(28-2)14-21(19)25/h8-11,14,16,22H,3-7,12-13,15H2,1-2H3. The highest BCUT2D eigenvalue weighted by Crippen LogP contribution is 2.35. The van der Waals surface area contributed by atoms with E-state index >= 15 is 0 Å². The van der Waals surface area contributed by atoms with E-state index in [9.17, 15) is 13.2 Å². The van der Waals surface area contributed by atoms with Crippen LogP contribution in [0, 0.1) is 17.5 Å². The first-order valence-electron chi connectivity index (χ1n) is 10.6. The predicted molar refractivity (Wildman–Crippen MR) is 110 cm³/mol. The van der Waals surface area contributed by atoms with Gasteiger partial charge in [-0.05, 0) is 37.0 Å². The lowest BCUT2D eigenvalue weighted by Crippen LogP contribution is -2.28. The molecule has 2 aromatic carbocycles. The smallest absolute Gasteiger partial charge is 0.167 e. The summed E-state index contributed by atoms with van der Waals surface area (Å²) in [7, 11) is 1.41. The van der Waals surface area contributed by atoms with Crippen LogP contribution in [0.25, 0.3) is 11.1 Å². The Labute approximate surface area is 176 Å². The molecule has 0 radical (unpaired) electrons. The third-order valence-electron chi connectivity index (χ3n) is 5.55. The highest BCUT2D eigenvalue weighted by Gasteiger charge is 2.27. The second-order valence-electron chi connectivity index (χ2n) is 7.64. The summed E-state index contributed by atoms with van der Waals surface area (Å²) in [4.78, 5) is 0. The Bertz CT molecular complexity index is 833. The minimum Gasteiger partial charge on any atom is -0.497 e. The van der Waals surface area contributed by atoms with Crippen LogP contribution in [0.5, 0.6) is 5.75 Å². The normalized spacial score (nSPS) is 19.1. The van der Waals surface area contributed by atoms with E-state index in [0.29, 0.717) is 25.2 Å². The molecule has 0 N–H and O–H groups in total. The van der Waals surface area contributed by atoms with Gasteiger partial charge in [-0.3, -0.25) is 0 Å². The summed E-state index contributed by atoms with van der Waals surface area (Å²) in [5.74, 6) is -2.61. The van der Waals surface area contributed by atoms with Gasteiger partial charge < -0.3 is 14.2 Å². The van der Waals surface area contributed by atoms with Gasteiger partial charge >= 0.3 is 0 Å². The van der Waals surface area contributed by atoms with E-state index in [0.717, 1.165) is 18.9 Å². The highest BCUT2D eigenvalue weighted by atomic mass is 19.2. The molecule has 0 amide bonds. The fourth-order valence-electron chi connectivity index (χ4n) is 3.78. The number of methoxy groups -OCH3 is 1. The molecule has 2 unspecified atom stereocenters. The number of hydrogen-bond acceptors (Lipinski definition) is 3. The molecule has 1 fully saturated rings. The molecule has 0 spiro atoms. The molecular formula is C24H29F3O3. The van der Waals surface area contributed by atoms with E-state index in [1.54, 1.807) is 0 Å². The zero-order chi connectivity index (χ0) is 21.5. The van der Waals surface area contributed by atoms with Crippen molar-refractivity contribution >= 4 is 0 Å². The van der Waals surface area contributed by atoms with Crippen LogP contribution in [0.2, 0.25) is 0 Å². The van der Waals surface area contributed by atoms with Crippen LogP contribution in [-0.4, -0.2) is 26.6 Å².